The van der Waals surface area contributed by atoms with Gasteiger partial charge in [-0.3, -0.25) is 0 Å². The zero-order valence-electron chi connectivity index (χ0n) is 22.9. The molecule has 0 fully saturated rings. The van der Waals surface area contributed by atoms with Crippen molar-refractivity contribution in [2.45, 2.75) is 6.92 Å². The number of hydrogen-bond donors (Lipinski definition) is 0. The standard InChI is InChI=1S/C41H28/c1-27-20-22-28(23-21-27)31-24-25-38-39(26-31)41(35-19-9-13-30-11-3-5-15-33(30)35)37-17-7-6-16-36(37)40(38)34-18-8-12-29-10-2-4-14-32(29)34/h2-26H,1H3. The third kappa shape index (κ3) is 3.84. The Morgan fingerprint density at radius 1 is 0.317 bits per heavy atom. The molecule has 192 valence electrons. The van der Waals surface area contributed by atoms with Gasteiger partial charge in [0, 0.05) is 0 Å². The van der Waals surface area contributed by atoms with Crippen LogP contribution in [0.3, 0.4) is 0 Å². The Morgan fingerprint density at radius 3 is 1.34 bits per heavy atom. The lowest BCUT2D eigenvalue weighted by molar-refractivity contribution is 1.47. The molecule has 8 aromatic carbocycles. The number of aryl methyl sites for hydroxylation is 1. The number of fused-ring (bicyclic) bond motifs is 4. The van der Waals surface area contributed by atoms with E-state index in [1.54, 1.807) is 0 Å². The van der Waals surface area contributed by atoms with Crippen LogP contribution < -0.4 is 0 Å². The summed E-state index contributed by atoms with van der Waals surface area (Å²) in [5, 5.41) is 10.2. The predicted molar refractivity (Wildman–Crippen MR) is 178 cm³/mol. The molecule has 0 aliphatic heterocycles. The van der Waals surface area contributed by atoms with Crippen LogP contribution in [0.4, 0.5) is 0 Å². The second-order valence-corrected chi connectivity index (χ2v) is 11.0. The molecule has 0 unspecified atom stereocenters. The van der Waals surface area contributed by atoms with Gasteiger partial charge in [0.2, 0.25) is 0 Å². The van der Waals surface area contributed by atoms with Gasteiger partial charge in [0.15, 0.2) is 0 Å². The maximum absolute atomic E-state index is 2.41. The zero-order chi connectivity index (χ0) is 27.3. The molecule has 0 amide bonds. The van der Waals surface area contributed by atoms with Crippen LogP contribution in [-0.2, 0) is 0 Å². The van der Waals surface area contributed by atoms with Gasteiger partial charge < -0.3 is 0 Å². The van der Waals surface area contributed by atoms with E-state index in [1.807, 2.05) is 0 Å². The quantitative estimate of drug-likeness (QED) is 0.203. The summed E-state index contributed by atoms with van der Waals surface area (Å²) < 4.78 is 0. The molecule has 41 heavy (non-hydrogen) atoms. The monoisotopic (exact) mass is 520 g/mol. The Labute approximate surface area is 240 Å². The van der Waals surface area contributed by atoms with E-state index in [9.17, 15) is 0 Å². The largest absolute Gasteiger partial charge is 0.0616 e. The Balaban J connectivity index is 1.57. The van der Waals surface area contributed by atoms with Crippen LogP contribution in [0.2, 0.25) is 0 Å². The van der Waals surface area contributed by atoms with E-state index in [2.05, 4.69) is 159 Å². The van der Waals surface area contributed by atoms with Crippen molar-refractivity contribution < 1.29 is 0 Å². The van der Waals surface area contributed by atoms with Crippen LogP contribution in [0, 0.1) is 6.92 Å². The summed E-state index contributed by atoms with van der Waals surface area (Å²) in [6.45, 7) is 2.14. The molecule has 0 aliphatic carbocycles. The van der Waals surface area contributed by atoms with Crippen LogP contribution in [0.1, 0.15) is 5.56 Å². The van der Waals surface area contributed by atoms with Crippen molar-refractivity contribution in [1.82, 2.24) is 0 Å². The normalized spacial score (nSPS) is 11.5. The lowest BCUT2D eigenvalue weighted by Gasteiger charge is -2.20. The van der Waals surface area contributed by atoms with Gasteiger partial charge >= 0.3 is 0 Å². The number of benzene rings is 8. The highest BCUT2D eigenvalue weighted by Gasteiger charge is 2.19. The van der Waals surface area contributed by atoms with Gasteiger partial charge in [0.1, 0.15) is 0 Å². The van der Waals surface area contributed by atoms with Crippen molar-refractivity contribution in [2.75, 3.05) is 0 Å². The van der Waals surface area contributed by atoms with Gasteiger partial charge in [-0.25, -0.2) is 0 Å². The zero-order valence-corrected chi connectivity index (χ0v) is 22.9. The maximum atomic E-state index is 2.41. The minimum Gasteiger partial charge on any atom is -0.0616 e. The van der Waals surface area contributed by atoms with Gasteiger partial charge in [0.25, 0.3) is 0 Å². The molecule has 0 aromatic heterocycles. The molecule has 8 rings (SSSR count). The lowest BCUT2D eigenvalue weighted by Crippen LogP contribution is -1.93. The Hall–Kier alpha value is -5.20. The molecule has 0 N–H and O–H groups in total. The van der Waals surface area contributed by atoms with Crippen molar-refractivity contribution in [3.63, 3.8) is 0 Å². The van der Waals surface area contributed by atoms with Crippen LogP contribution >= 0.6 is 0 Å². The molecule has 8 aromatic rings. The Kier molecular flexibility index (Phi) is 5.47. The van der Waals surface area contributed by atoms with Gasteiger partial charge in [-0.1, -0.05) is 151 Å². The maximum Gasteiger partial charge on any atom is -0.00199 e. The van der Waals surface area contributed by atoms with Gasteiger partial charge in [-0.2, -0.15) is 0 Å². The highest BCUT2D eigenvalue weighted by Crippen LogP contribution is 2.47. The van der Waals surface area contributed by atoms with E-state index < -0.39 is 0 Å². The van der Waals surface area contributed by atoms with E-state index in [-0.39, 0.29) is 0 Å². The highest BCUT2D eigenvalue weighted by atomic mass is 14.2. The summed E-state index contributed by atoms with van der Waals surface area (Å²) in [7, 11) is 0. The van der Waals surface area contributed by atoms with E-state index in [4.69, 9.17) is 0 Å². The van der Waals surface area contributed by atoms with Crippen LogP contribution in [0.15, 0.2) is 152 Å². The van der Waals surface area contributed by atoms with E-state index >= 15 is 0 Å². The average molecular weight is 521 g/mol. The minimum absolute atomic E-state index is 1.23. The topological polar surface area (TPSA) is 0 Å². The van der Waals surface area contributed by atoms with Crippen molar-refractivity contribution in [2.24, 2.45) is 0 Å². The van der Waals surface area contributed by atoms with Crippen molar-refractivity contribution in [3.05, 3.63) is 157 Å². The summed E-state index contributed by atoms with van der Waals surface area (Å²) in [5.74, 6) is 0. The number of rotatable bonds is 3. The minimum atomic E-state index is 1.23. The lowest BCUT2D eigenvalue weighted by atomic mass is 9.83. The molecular formula is C41H28. The average Bonchev–Trinajstić information content (AvgIpc) is 3.03. The molecule has 0 atom stereocenters. The third-order valence-corrected chi connectivity index (χ3v) is 8.53. The van der Waals surface area contributed by atoms with E-state index in [1.165, 1.54) is 82.0 Å². The molecule has 0 radical (unpaired) electrons. The first-order chi connectivity index (χ1) is 20.3. The SMILES string of the molecule is Cc1ccc(-c2ccc3c(-c4cccc5ccccc45)c4ccccc4c(-c4cccc5ccccc45)c3c2)cc1. The van der Waals surface area contributed by atoms with Gasteiger partial charge in [0.05, 0.1) is 0 Å². The van der Waals surface area contributed by atoms with Crippen molar-refractivity contribution in [1.29, 1.82) is 0 Å². The number of hydrogen-bond acceptors (Lipinski definition) is 0. The molecule has 0 aliphatic rings. The molecule has 0 bridgehead atoms. The summed E-state index contributed by atoms with van der Waals surface area (Å²) in [5.41, 5.74) is 8.89. The van der Waals surface area contributed by atoms with Gasteiger partial charge in [-0.05, 0) is 89.5 Å². The third-order valence-electron chi connectivity index (χ3n) is 8.53. The fraction of sp³-hybridized carbons (Fsp3) is 0.0244. The van der Waals surface area contributed by atoms with Crippen LogP contribution in [0.5, 0.6) is 0 Å². The Morgan fingerprint density at radius 2 is 0.756 bits per heavy atom. The molecule has 0 spiro atoms. The first-order valence-electron chi connectivity index (χ1n) is 14.3. The fourth-order valence-electron chi connectivity index (χ4n) is 6.57. The van der Waals surface area contributed by atoms with Crippen LogP contribution in [0.25, 0.3) is 76.5 Å². The molecule has 0 nitrogen and oxygen atoms in total. The van der Waals surface area contributed by atoms with Crippen molar-refractivity contribution >= 4 is 43.1 Å². The van der Waals surface area contributed by atoms with Crippen LogP contribution in [-0.4, -0.2) is 0 Å². The predicted octanol–water partition coefficient (Wildman–Crippen LogP) is 11.6. The molecule has 0 saturated carbocycles. The second kappa shape index (κ2) is 9.47. The first kappa shape index (κ1) is 23.7. The first-order valence-corrected chi connectivity index (χ1v) is 14.3. The molecule has 0 heteroatoms. The molecule has 0 saturated heterocycles. The van der Waals surface area contributed by atoms with E-state index in [0.29, 0.717) is 0 Å². The highest BCUT2D eigenvalue weighted by molar-refractivity contribution is 6.25. The summed E-state index contributed by atoms with van der Waals surface area (Å²) in [4.78, 5) is 0. The summed E-state index contributed by atoms with van der Waals surface area (Å²) in [6.07, 6.45) is 0. The fourth-order valence-corrected chi connectivity index (χ4v) is 6.57. The van der Waals surface area contributed by atoms with Gasteiger partial charge in [-0.15, -0.1) is 0 Å². The Bertz CT molecular complexity index is 2240. The van der Waals surface area contributed by atoms with E-state index in [0.717, 1.165) is 0 Å². The second-order valence-electron chi connectivity index (χ2n) is 11.0. The molecule has 0 heterocycles. The smallest absolute Gasteiger partial charge is 0.00199 e. The molecular weight excluding hydrogens is 492 g/mol. The summed E-state index contributed by atoms with van der Waals surface area (Å²) >= 11 is 0. The summed E-state index contributed by atoms with van der Waals surface area (Å²) in [6, 6.07) is 55.8. The van der Waals surface area contributed by atoms with Crippen molar-refractivity contribution in [3.8, 4) is 33.4 Å².